The van der Waals surface area contributed by atoms with E-state index >= 15 is 0 Å². The normalized spacial score (nSPS) is 10.6. The summed E-state index contributed by atoms with van der Waals surface area (Å²) in [5.41, 5.74) is 3.77. The van der Waals surface area contributed by atoms with Gasteiger partial charge in [-0.2, -0.15) is 0 Å². The lowest BCUT2D eigenvalue weighted by atomic mass is 10.4. The first-order valence-corrected chi connectivity index (χ1v) is 5.73. The van der Waals surface area contributed by atoms with E-state index in [1.807, 2.05) is 12.2 Å². The Kier molecular flexibility index (Phi) is 6.71. The molecule has 0 unspecified atom stereocenters. The van der Waals surface area contributed by atoms with E-state index in [2.05, 4.69) is 37.3 Å². The molecule has 0 aliphatic rings. The van der Waals surface area contributed by atoms with Gasteiger partial charge in [0.2, 0.25) is 0 Å². The molecule has 0 saturated carbocycles. The second-order valence-corrected chi connectivity index (χ2v) is 4.75. The maximum atomic E-state index is 3.74. The Bertz CT molecular complexity index is 159. The van der Waals surface area contributed by atoms with Crippen molar-refractivity contribution in [2.45, 2.75) is 13.8 Å². The highest BCUT2D eigenvalue weighted by Gasteiger charge is 1.96. The molecule has 0 bridgehead atoms. The summed E-state index contributed by atoms with van der Waals surface area (Å²) in [7, 11) is -0.215. The predicted octanol–water partition coefficient (Wildman–Crippen LogP) is 1.67. The second-order valence-electron chi connectivity index (χ2n) is 3.08. The van der Waals surface area contributed by atoms with Crippen LogP contribution in [0.1, 0.15) is 13.8 Å². The van der Waals surface area contributed by atoms with Crippen molar-refractivity contribution in [1.29, 1.82) is 0 Å². The van der Waals surface area contributed by atoms with Gasteiger partial charge in [0.15, 0.2) is 0 Å². The molecule has 0 amide bonds. The van der Waals surface area contributed by atoms with Gasteiger partial charge in [-0.15, -0.1) is 13.2 Å². The van der Waals surface area contributed by atoms with Gasteiger partial charge in [0, 0.05) is 13.1 Å². The molecule has 0 aliphatic heterocycles. The van der Waals surface area contributed by atoms with Crippen molar-refractivity contribution in [3.8, 4) is 0 Å². The number of allylic oxidation sites excluding steroid dienone is 1. The van der Waals surface area contributed by atoms with Crippen molar-refractivity contribution in [2.24, 2.45) is 0 Å². The molecule has 0 spiro atoms. The van der Waals surface area contributed by atoms with Gasteiger partial charge in [-0.25, -0.2) is 0 Å². The Hall–Kier alpha value is -0.603. The van der Waals surface area contributed by atoms with Gasteiger partial charge in [0.1, 0.15) is 9.68 Å². The molecule has 0 fully saturated rings. The summed E-state index contributed by atoms with van der Waals surface area (Å²) in [6.45, 7) is 13.7. The summed E-state index contributed by atoms with van der Waals surface area (Å²) in [6, 6.07) is 0. The quantitative estimate of drug-likeness (QED) is 0.445. The Morgan fingerprint density at radius 1 is 1.25 bits per heavy atom. The summed E-state index contributed by atoms with van der Waals surface area (Å²) < 4.78 is 2.41. The van der Waals surface area contributed by atoms with Gasteiger partial charge in [0.25, 0.3) is 0 Å². The van der Waals surface area contributed by atoms with E-state index in [-0.39, 0.29) is 9.68 Å². The second kappa shape index (κ2) is 7.07. The molecule has 0 aromatic carbocycles. The molecular formula is C10H19NSi. The molecule has 0 aromatic rings. The molecule has 0 aromatic heterocycles. The Labute approximate surface area is 78.4 Å². The van der Waals surface area contributed by atoms with Gasteiger partial charge in [-0.05, 0) is 13.8 Å². The van der Waals surface area contributed by atoms with E-state index in [4.69, 9.17) is 0 Å². The smallest absolute Gasteiger partial charge is 0.120 e. The van der Waals surface area contributed by atoms with E-state index < -0.39 is 0 Å². The van der Waals surface area contributed by atoms with E-state index in [0.717, 1.165) is 13.1 Å². The molecule has 0 atom stereocenters. The highest BCUT2D eigenvalue weighted by Crippen LogP contribution is 1.91. The molecule has 0 heterocycles. The minimum atomic E-state index is -0.215. The number of nitrogens with zero attached hydrogens (tertiary/aromatic N) is 1. The van der Waals surface area contributed by atoms with Gasteiger partial charge >= 0.3 is 0 Å². The average molecular weight is 181 g/mol. The van der Waals surface area contributed by atoms with E-state index in [1.165, 1.54) is 5.57 Å². The lowest BCUT2D eigenvalue weighted by molar-refractivity contribution is 0.550. The molecule has 1 nitrogen and oxygen atoms in total. The molecule has 0 saturated heterocycles. The zero-order valence-electron chi connectivity index (χ0n) is 8.21. The van der Waals surface area contributed by atoms with Crippen molar-refractivity contribution in [3.05, 3.63) is 36.6 Å². The highest BCUT2D eigenvalue weighted by atomic mass is 28.2. The first-order chi connectivity index (χ1) is 5.70. The van der Waals surface area contributed by atoms with E-state index in [0.29, 0.717) is 0 Å². The maximum absolute atomic E-state index is 3.74. The molecular weight excluding hydrogens is 162 g/mol. The monoisotopic (exact) mass is 181 g/mol. The molecule has 0 aliphatic carbocycles. The third kappa shape index (κ3) is 6.13. The summed E-state index contributed by atoms with van der Waals surface area (Å²) in [5.74, 6) is 0. The Morgan fingerprint density at radius 2 is 1.75 bits per heavy atom. The van der Waals surface area contributed by atoms with Crippen LogP contribution in [0, 0.1) is 0 Å². The largest absolute Gasteiger partial charge is 0.319 e. The number of hydrogen-bond acceptors (Lipinski definition) is 1. The van der Waals surface area contributed by atoms with Crippen LogP contribution in [0.25, 0.3) is 0 Å². The van der Waals surface area contributed by atoms with Crippen LogP contribution in [0.3, 0.4) is 0 Å². The summed E-state index contributed by atoms with van der Waals surface area (Å²) in [5, 5.41) is 0. The molecule has 0 radical (unpaired) electrons. The van der Waals surface area contributed by atoms with Gasteiger partial charge in [-0.3, -0.25) is 0 Å². The van der Waals surface area contributed by atoms with Crippen LogP contribution in [-0.2, 0) is 0 Å². The van der Waals surface area contributed by atoms with Crippen LogP contribution in [-0.4, -0.2) is 27.3 Å². The average Bonchev–Trinajstić information content (AvgIpc) is 2.01. The summed E-state index contributed by atoms with van der Waals surface area (Å²) in [4.78, 5) is 0. The Balaban J connectivity index is 3.85. The summed E-state index contributed by atoms with van der Waals surface area (Å²) >= 11 is 0. The third-order valence-electron chi connectivity index (χ3n) is 1.53. The van der Waals surface area contributed by atoms with Crippen LogP contribution in [0.15, 0.2) is 36.6 Å². The van der Waals surface area contributed by atoms with Crippen LogP contribution in [0.5, 0.6) is 0 Å². The van der Waals surface area contributed by atoms with Crippen molar-refractivity contribution in [1.82, 2.24) is 4.57 Å². The minimum absolute atomic E-state index is 0.215. The summed E-state index contributed by atoms with van der Waals surface area (Å²) in [6.07, 6.45) is 3.91. The molecule has 0 N–H and O–H groups in total. The van der Waals surface area contributed by atoms with Gasteiger partial charge < -0.3 is 4.57 Å². The SMILES string of the molecule is C=CCN(CC=C)[SiH2]C=C(C)C. The van der Waals surface area contributed by atoms with Crippen molar-refractivity contribution in [3.63, 3.8) is 0 Å². The topological polar surface area (TPSA) is 3.24 Å². The zero-order valence-corrected chi connectivity index (χ0v) is 9.63. The fourth-order valence-corrected chi connectivity index (χ4v) is 2.19. The standard InChI is InChI=1S/C10H19NSi/c1-5-7-11(8-6-2)12-9-10(3)4/h5-6,9H,1-2,7-8,12H2,3-4H3. The molecule has 2 heteroatoms. The van der Waals surface area contributed by atoms with Crippen LogP contribution in [0.4, 0.5) is 0 Å². The molecule has 12 heavy (non-hydrogen) atoms. The first-order valence-electron chi connectivity index (χ1n) is 4.28. The maximum Gasteiger partial charge on any atom is 0.120 e. The van der Waals surface area contributed by atoms with Gasteiger partial charge in [0.05, 0.1) is 0 Å². The molecule has 68 valence electrons. The van der Waals surface area contributed by atoms with Crippen molar-refractivity contribution < 1.29 is 0 Å². The van der Waals surface area contributed by atoms with E-state index in [1.54, 1.807) is 0 Å². The lowest BCUT2D eigenvalue weighted by Crippen LogP contribution is -2.27. The van der Waals surface area contributed by atoms with Crippen LogP contribution < -0.4 is 0 Å². The third-order valence-corrected chi connectivity index (χ3v) is 3.56. The lowest BCUT2D eigenvalue weighted by Gasteiger charge is -2.15. The van der Waals surface area contributed by atoms with Crippen LogP contribution >= 0.6 is 0 Å². The van der Waals surface area contributed by atoms with Gasteiger partial charge in [-0.1, -0.05) is 23.4 Å². The van der Waals surface area contributed by atoms with Crippen molar-refractivity contribution in [2.75, 3.05) is 13.1 Å². The first kappa shape index (κ1) is 11.4. The predicted molar refractivity (Wildman–Crippen MR) is 59.9 cm³/mol. The minimum Gasteiger partial charge on any atom is -0.319 e. The van der Waals surface area contributed by atoms with Crippen LogP contribution in [0.2, 0.25) is 0 Å². The van der Waals surface area contributed by atoms with E-state index in [9.17, 15) is 0 Å². The number of rotatable bonds is 6. The molecule has 0 rings (SSSR count). The zero-order chi connectivity index (χ0) is 9.40. The fourth-order valence-electron chi connectivity index (χ4n) is 0.900. The fraction of sp³-hybridized carbons (Fsp3) is 0.400. The Morgan fingerprint density at radius 3 is 2.08 bits per heavy atom. The highest BCUT2D eigenvalue weighted by molar-refractivity contribution is 6.39. The van der Waals surface area contributed by atoms with Crippen molar-refractivity contribution >= 4 is 9.68 Å². The number of hydrogen-bond donors (Lipinski definition) is 0.